The molecule has 1 aromatic rings. The van der Waals surface area contributed by atoms with Crippen LogP contribution >= 0.6 is 0 Å². The van der Waals surface area contributed by atoms with Crippen LogP contribution < -0.4 is 11.1 Å². The summed E-state index contributed by atoms with van der Waals surface area (Å²) in [5.41, 5.74) is 7.28. The molecule has 0 heterocycles. The summed E-state index contributed by atoms with van der Waals surface area (Å²) in [6, 6.07) is 7.42. The van der Waals surface area contributed by atoms with Crippen LogP contribution in [0.4, 0.5) is 5.69 Å². The second-order valence-corrected chi connectivity index (χ2v) is 4.19. The fourth-order valence-corrected chi connectivity index (χ4v) is 1.40. The van der Waals surface area contributed by atoms with Gasteiger partial charge in [0.05, 0.1) is 0 Å². The standard InChI is InChI=1S/C13H16N2O/c14-12-6-3-10(4-7-12)5-8-13(16)15-9-11-1-2-11/h3-8,11H,1-2,9,14H2,(H,15,16)/b8-5+. The second kappa shape index (κ2) is 4.84. The lowest BCUT2D eigenvalue weighted by Gasteiger charge is -1.99. The van der Waals surface area contributed by atoms with Crippen LogP contribution in [0, 0.1) is 5.92 Å². The molecule has 1 aliphatic carbocycles. The van der Waals surface area contributed by atoms with Crippen LogP contribution in [0.3, 0.4) is 0 Å². The van der Waals surface area contributed by atoms with Crippen LogP contribution in [0.2, 0.25) is 0 Å². The molecule has 1 aliphatic rings. The summed E-state index contributed by atoms with van der Waals surface area (Å²) in [6.45, 7) is 0.810. The Morgan fingerprint density at radius 2 is 2.06 bits per heavy atom. The van der Waals surface area contributed by atoms with Gasteiger partial charge in [0, 0.05) is 18.3 Å². The summed E-state index contributed by atoms with van der Waals surface area (Å²) < 4.78 is 0. The Labute approximate surface area is 95.3 Å². The number of nitrogens with two attached hydrogens (primary N) is 1. The Bertz CT molecular complexity index is 391. The number of benzene rings is 1. The third kappa shape index (κ3) is 3.42. The lowest BCUT2D eigenvalue weighted by Crippen LogP contribution is -2.23. The fraction of sp³-hybridized carbons (Fsp3) is 0.308. The van der Waals surface area contributed by atoms with Crippen molar-refractivity contribution in [1.29, 1.82) is 0 Å². The molecule has 1 saturated carbocycles. The number of nitrogens with one attached hydrogen (secondary N) is 1. The van der Waals surface area contributed by atoms with Crippen LogP contribution in [0.15, 0.2) is 30.3 Å². The first-order valence-electron chi connectivity index (χ1n) is 5.55. The molecule has 0 radical (unpaired) electrons. The second-order valence-electron chi connectivity index (χ2n) is 4.19. The zero-order valence-electron chi connectivity index (χ0n) is 9.15. The van der Waals surface area contributed by atoms with E-state index in [1.165, 1.54) is 12.8 Å². The Morgan fingerprint density at radius 3 is 2.69 bits per heavy atom. The molecule has 16 heavy (non-hydrogen) atoms. The van der Waals surface area contributed by atoms with E-state index in [-0.39, 0.29) is 5.91 Å². The first-order valence-corrected chi connectivity index (χ1v) is 5.55. The van der Waals surface area contributed by atoms with E-state index in [4.69, 9.17) is 5.73 Å². The summed E-state index contributed by atoms with van der Waals surface area (Å²) in [4.78, 5) is 11.4. The molecular formula is C13H16N2O. The van der Waals surface area contributed by atoms with E-state index >= 15 is 0 Å². The van der Waals surface area contributed by atoms with Gasteiger partial charge in [-0.25, -0.2) is 0 Å². The van der Waals surface area contributed by atoms with Gasteiger partial charge in [0.25, 0.3) is 0 Å². The van der Waals surface area contributed by atoms with Crippen molar-refractivity contribution >= 4 is 17.7 Å². The van der Waals surface area contributed by atoms with Crippen molar-refractivity contribution in [3.63, 3.8) is 0 Å². The van der Waals surface area contributed by atoms with Crippen LogP contribution in [-0.2, 0) is 4.79 Å². The minimum absolute atomic E-state index is 0.0243. The smallest absolute Gasteiger partial charge is 0.244 e. The average molecular weight is 216 g/mol. The molecule has 0 unspecified atom stereocenters. The third-order valence-corrected chi connectivity index (χ3v) is 2.63. The summed E-state index contributed by atoms with van der Waals surface area (Å²) >= 11 is 0. The van der Waals surface area contributed by atoms with E-state index < -0.39 is 0 Å². The summed E-state index contributed by atoms with van der Waals surface area (Å²) in [5, 5.41) is 2.88. The van der Waals surface area contributed by atoms with Gasteiger partial charge in [-0.2, -0.15) is 0 Å². The predicted molar refractivity (Wildman–Crippen MR) is 65.6 cm³/mol. The van der Waals surface area contributed by atoms with Gasteiger partial charge in [0.15, 0.2) is 0 Å². The molecule has 3 N–H and O–H groups in total. The van der Waals surface area contributed by atoms with E-state index in [1.807, 2.05) is 24.3 Å². The Kier molecular flexibility index (Phi) is 3.25. The topological polar surface area (TPSA) is 55.1 Å². The largest absolute Gasteiger partial charge is 0.399 e. The average Bonchev–Trinajstić information content (AvgIpc) is 3.09. The van der Waals surface area contributed by atoms with Crippen molar-refractivity contribution in [2.75, 3.05) is 12.3 Å². The molecule has 84 valence electrons. The molecule has 1 fully saturated rings. The van der Waals surface area contributed by atoms with Crippen molar-refractivity contribution in [3.8, 4) is 0 Å². The fourth-order valence-electron chi connectivity index (χ4n) is 1.40. The number of rotatable bonds is 4. The molecule has 3 heteroatoms. The molecule has 0 aromatic heterocycles. The van der Waals surface area contributed by atoms with Crippen molar-refractivity contribution in [2.24, 2.45) is 5.92 Å². The summed E-state index contributed by atoms with van der Waals surface area (Å²) in [6.07, 6.45) is 5.86. The SMILES string of the molecule is Nc1ccc(/C=C/C(=O)NCC2CC2)cc1. The van der Waals surface area contributed by atoms with Gasteiger partial charge >= 0.3 is 0 Å². The van der Waals surface area contributed by atoms with E-state index in [0.717, 1.165) is 17.8 Å². The minimum Gasteiger partial charge on any atom is -0.399 e. The molecule has 0 bridgehead atoms. The number of anilines is 1. The number of carbonyl (C=O) groups is 1. The van der Waals surface area contributed by atoms with Crippen molar-refractivity contribution in [1.82, 2.24) is 5.32 Å². The van der Waals surface area contributed by atoms with E-state index in [2.05, 4.69) is 5.32 Å². The Hall–Kier alpha value is -1.77. The Morgan fingerprint density at radius 1 is 1.38 bits per heavy atom. The molecule has 1 aromatic carbocycles. The highest BCUT2D eigenvalue weighted by atomic mass is 16.1. The molecule has 0 saturated heterocycles. The molecule has 0 aliphatic heterocycles. The van der Waals surface area contributed by atoms with Gasteiger partial charge < -0.3 is 11.1 Å². The highest BCUT2D eigenvalue weighted by Gasteiger charge is 2.20. The lowest BCUT2D eigenvalue weighted by molar-refractivity contribution is -0.116. The normalized spacial score (nSPS) is 15.2. The number of nitrogen functional groups attached to an aromatic ring is 1. The van der Waals surface area contributed by atoms with E-state index in [1.54, 1.807) is 12.2 Å². The maximum atomic E-state index is 11.4. The number of amides is 1. The van der Waals surface area contributed by atoms with Gasteiger partial charge in [-0.15, -0.1) is 0 Å². The molecule has 0 atom stereocenters. The van der Waals surface area contributed by atoms with Crippen LogP contribution in [-0.4, -0.2) is 12.5 Å². The summed E-state index contributed by atoms with van der Waals surface area (Å²) in [5.74, 6) is 0.692. The summed E-state index contributed by atoms with van der Waals surface area (Å²) in [7, 11) is 0. The first-order chi connectivity index (χ1) is 7.74. The molecule has 0 spiro atoms. The number of carbonyl (C=O) groups excluding carboxylic acids is 1. The quantitative estimate of drug-likeness (QED) is 0.595. The monoisotopic (exact) mass is 216 g/mol. The highest BCUT2D eigenvalue weighted by molar-refractivity contribution is 5.91. The molecular weight excluding hydrogens is 200 g/mol. The van der Waals surface area contributed by atoms with Gasteiger partial charge in [-0.05, 0) is 42.5 Å². The minimum atomic E-state index is -0.0243. The van der Waals surface area contributed by atoms with Crippen LogP contribution in [0.1, 0.15) is 18.4 Å². The highest BCUT2D eigenvalue weighted by Crippen LogP contribution is 2.27. The first kappa shape index (κ1) is 10.7. The molecule has 2 rings (SSSR count). The zero-order valence-corrected chi connectivity index (χ0v) is 9.15. The molecule has 1 amide bonds. The predicted octanol–water partition coefficient (Wildman–Crippen LogP) is 1.81. The van der Waals surface area contributed by atoms with Gasteiger partial charge in [-0.1, -0.05) is 12.1 Å². The third-order valence-electron chi connectivity index (χ3n) is 2.63. The number of hydrogen-bond acceptors (Lipinski definition) is 2. The molecule has 3 nitrogen and oxygen atoms in total. The number of hydrogen-bond donors (Lipinski definition) is 2. The van der Waals surface area contributed by atoms with Crippen LogP contribution in [0.5, 0.6) is 0 Å². The maximum Gasteiger partial charge on any atom is 0.244 e. The van der Waals surface area contributed by atoms with Crippen LogP contribution in [0.25, 0.3) is 6.08 Å². The van der Waals surface area contributed by atoms with Crippen molar-refractivity contribution < 1.29 is 4.79 Å². The Balaban J connectivity index is 1.82. The van der Waals surface area contributed by atoms with Crippen molar-refractivity contribution in [3.05, 3.63) is 35.9 Å². The van der Waals surface area contributed by atoms with Gasteiger partial charge in [0.2, 0.25) is 5.91 Å². The lowest BCUT2D eigenvalue weighted by atomic mass is 10.2. The van der Waals surface area contributed by atoms with E-state index in [9.17, 15) is 4.79 Å². The zero-order chi connectivity index (χ0) is 11.4. The van der Waals surface area contributed by atoms with Crippen molar-refractivity contribution in [2.45, 2.75) is 12.8 Å². The maximum absolute atomic E-state index is 11.4. The van der Waals surface area contributed by atoms with Gasteiger partial charge in [0.1, 0.15) is 0 Å². The van der Waals surface area contributed by atoms with Gasteiger partial charge in [-0.3, -0.25) is 4.79 Å². The van der Waals surface area contributed by atoms with E-state index in [0.29, 0.717) is 5.92 Å².